The van der Waals surface area contributed by atoms with Gasteiger partial charge >= 0.3 is 5.97 Å². The molecule has 0 fully saturated rings. The van der Waals surface area contributed by atoms with Crippen molar-refractivity contribution >= 4 is 11.9 Å². The van der Waals surface area contributed by atoms with Crippen LogP contribution in [0.1, 0.15) is 34.8 Å². The molecule has 0 bridgehead atoms. The zero-order valence-electron chi connectivity index (χ0n) is 9.17. The number of aromatic carboxylic acids is 1. The molecule has 1 rings (SSSR count). The van der Waals surface area contributed by atoms with E-state index in [9.17, 15) is 9.59 Å². The van der Waals surface area contributed by atoms with Crippen LogP contribution in [-0.2, 0) is 0 Å². The molecule has 0 unspecified atom stereocenters. The van der Waals surface area contributed by atoms with Gasteiger partial charge < -0.3 is 10.0 Å². The summed E-state index contributed by atoms with van der Waals surface area (Å²) in [7, 11) is 0. The average Bonchev–Trinajstić information content (AvgIpc) is 2.30. The van der Waals surface area contributed by atoms with Crippen LogP contribution in [0.3, 0.4) is 0 Å². The highest BCUT2D eigenvalue weighted by Gasteiger charge is 2.16. The third kappa shape index (κ3) is 2.53. The Balaban J connectivity index is 3.00. The molecule has 0 aliphatic heterocycles. The summed E-state index contributed by atoms with van der Waals surface area (Å²) in [5.41, 5.74) is -0.0680. The van der Waals surface area contributed by atoms with Crippen molar-refractivity contribution in [1.82, 2.24) is 14.9 Å². The van der Waals surface area contributed by atoms with Crippen LogP contribution in [0.25, 0.3) is 0 Å². The molecular weight excluding hydrogens is 210 g/mol. The van der Waals surface area contributed by atoms with Crippen molar-refractivity contribution in [1.29, 1.82) is 0 Å². The van der Waals surface area contributed by atoms with Crippen LogP contribution in [0.2, 0.25) is 0 Å². The fourth-order valence-corrected chi connectivity index (χ4v) is 1.26. The summed E-state index contributed by atoms with van der Waals surface area (Å²) >= 11 is 0. The van der Waals surface area contributed by atoms with Gasteiger partial charge in [0.15, 0.2) is 5.69 Å². The van der Waals surface area contributed by atoms with Crippen molar-refractivity contribution in [3.63, 3.8) is 0 Å². The van der Waals surface area contributed by atoms with E-state index in [1.165, 1.54) is 6.07 Å². The molecule has 6 nitrogen and oxygen atoms in total. The molecule has 0 aromatic carbocycles. The molecule has 0 saturated heterocycles. The van der Waals surface area contributed by atoms with E-state index >= 15 is 0 Å². The van der Waals surface area contributed by atoms with Gasteiger partial charge in [0.2, 0.25) is 0 Å². The van der Waals surface area contributed by atoms with E-state index in [2.05, 4.69) is 9.97 Å². The Labute approximate surface area is 92.9 Å². The summed E-state index contributed by atoms with van der Waals surface area (Å²) in [5, 5.41) is 8.73. The molecule has 1 N–H and O–H groups in total. The SMILES string of the molecule is CCN(CC)C(=O)c1cc(C(=O)O)ncn1. The molecule has 0 saturated carbocycles. The second-order valence-corrected chi connectivity index (χ2v) is 3.07. The van der Waals surface area contributed by atoms with Gasteiger partial charge in [-0.1, -0.05) is 0 Å². The maximum atomic E-state index is 11.8. The Hall–Kier alpha value is -1.98. The lowest BCUT2D eigenvalue weighted by Crippen LogP contribution is -2.31. The summed E-state index contributed by atoms with van der Waals surface area (Å²) in [6, 6.07) is 1.18. The van der Waals surface area contributed by atoms with E-state index in [0.717, 1.165) is 6.33 Å². The maximum absolute atomic E-state index is 11.8. The molecule has 1 aromatic heterocycles. The Kier molecular flexibility index (Phi) is 3.93. The topological polar surface area (TPSA) is 83.4 Å². The molecule has 0 atom stereocenters. The second-order valence-electron chi connectivity index (χ2n) is 3.07. The Morgan fingerprint density at radius 1 is 1.25 bits per heavy atom. The number of carbonyl (C=O) groups excluding carboxylic acids is 1. The lowest BCUT2D eigenvalue weighted by atomic mass is 10.3. The van der Waals surface area contributed by atoms with Crippen LogP contribution in [0, 0.1) is 0 Å². The summed E-state index contributed by atoms with van der Waals surface area (Å²) < 4.78 is 0. The quantitative estimate of drug-likeness (QED) is 0.810. The molecule has 1 amide bonds. The number of carboxylic acid groups (broad SMARTS) is 1. The summed E-state index contributed by atoms with van der Waals surface area (Å²) in [6.45, 7) is 4.81. The predicted octanol–water partition coefficient (Wildman–Crippen LogP) is 0.657. The van der Waals surface area contributed by atoms with Crippen LogP contribution in [0.15, 0.2) is 12.4 Å². The van der Waals surface area contributed by atoms with Crippen LogP contribution in [0.5, 0.6) is 0 Å². The van der Waals surface area contributed by atoms with Crippen LogP contribution < -0.4 is 0 Å². The van der Waals surface area contributed by atoms with Crippen molar-refractivity contribution in [2.75, 3.05) is 13.1 Å². The molecule has 0 aliphatic rings. The van der Waals surface area contributed by atoms with Gasteiger partial charge in [0.25, 0.3) is 5.91 Å². The molecular formula is C10H13N3O3. The van der Waals surface area contributed by atoms with Crippen molar-refractivity contribution in [2.45, 2.75) is 13.8 Å². The third-order valence-corrected chi connectivity index (χ3v) is 2.16. The first-order valence-electron chi connectivity index (χ1n) is 4.94. The van der Waals surface area contributed by atoms with Crippen molar-refractivity contribution in [3.8, 4) is 0 Å². The number of rotatable bonds is 4. The first-order chi connectivity index (χ1) is 7.60. The molecule has 0 aliphatic carbocycles. The van der Waals surface area contributed by atoms with Crippen LogP contribution in [0.4, 0.5) is 0 Å². The second kappa shape index (κ2) is 5.20. The minimum Gasteiger partial charge on any atom is -0.477 e. The van der Waals surface area contributed by atoms with Gasteiger partial charge in [-0.2, -0.15) is 0 Å². The number of nitrogens with zero attached hydrogens (tertiary/aromatic N) is 3. The van der Waals surface area contributed by atoms with E-state index in [4.69, 9.17) is 5.11 Å². The van der Waals surface area contributed by atoms with Crippen molar-refractivity contribution < 1.29 is 14.7 Å². The minimum absolute atomic E-state index is 0.108. The third-order valence-electron chi connectivity index (χ3n) is 2.16. The van der Waals surface area contributed by atoms with Gasteiger partial charge in [-0.3, -0.25) is 4.79 Å². The van der Waals surface area contributed by atoms with Gasteiger partial charge in [0.1, 0.15) is 12.0 Å². The van der Waals surface area contributed by atoms with E-state index in [1.807, 2.05) is 13.8 Å². The predicted molar refractivity (Wildman–Crippen MR) is 56.2 cm³/mol. The number of aromatic nitrogens is 2. The first-order valence-corrected chi connectivity index (χ1v) is 4.94. The van der Waals surface area contributed by atoms with Crippen molar-refractivity contribution in [3.05, 3.63) is 23.8 Å². The lowest BCUT2D eigenvalue weighted by molar-refractivity contribution is 0.0690. The standard InChI is InChI=1S/C10H13N3O3/c1-3-13(4-2)9(14)7-5-8(10(15)16)12-6-11-7/h5-6H,3-4H2,1-2H3,(H,15,16). The molecule has 1 aromatic rings. The van der Waals surface area contributed by atoms with Gasteiger partial charge in [-0.05, 0) is 13.8 Å². The molecule has 16 heavy (non-hydrogen) atoms. The van der Waals surface area contributed by atoms with Gasteiger partial charge in [-0.25, -0.2) is 14.8 Å². The number of carbonyl (C=O) groups is 2. The van der Waals surface area contributed by atoms with Gasteiger partial charge in [0.05, 0.1) is 0 Å². The molecule has 86 valence electrons. The molecule has 6 heteroatoms. The molecule has 0 radical (unpaired) electrons. The fourth-order valence-electron chi connectivity index (χ4n) is 1.26. The molecule has 1 heterocycles. The lowest BCUT2D eigenvalue weighted by Gasteiger charge is -2.17. The number of hydrogen-bond acceptors (Lipinski definition) is 4. The van der Waals surface area contributed by atoms with E-state index in [-0.39, 0.29) is 17.3 Å². The summed E-state index contributed by atoms with van der Waals surface area (Å²) in [5.74, 6) is -1.45. The smallest absolute Gasteiger partial charge is 0.354 e. The fraction of sp³-hybridized carbons (Fsp3) is 0.400. The van der Waals surface area contributed by atoms with Crippen molar-refractivity contribution in [2.24, 2.45) is 0 Å². The first kappa shape index (κ1) is 12.1. The zero-order valence-corrected chi connectivity index (χ0v) is 9.17. The molecule has 0 spiro atoms. The Bertz CT molecular complexity index is 402. The highest BCUT2D eigenvalue weighted by molar-refractivity contribution is 5.94. The summed E-state index contributed by atoms with van der Waals surface area (Å²) in [4.78, 5) is 31.4. The minimum atomic E-state index is -1.17. The largest absolute Gasteiger partial charge is 0.477 e. The van der Waals surface area contributed by atoms with Crippen LogP contribution in [-0.4, -0.2) is 44.9 Å². The highest BCUT2D eigenvalue weighted by atomic mass is 16.4. The summed E-state index contributed by atoms with van der Waals surface area (Å²) in [6.07, 6.45) is 1.08. The Morgan fingerprint density at radius 3 is 2.31 bits per heavy atom. The van der Waals surface area contributed by atoms with E-state index in [1.54, 1.807) is 4.90 Å². The zero-order chi connectivity index (χ0) is 12.1. The monoisotopic (exact) mass is 223 g/mol. The number of amides is 1. The van der Waals surface area contributed by atoms with Gasteiger partial charge in [0, 0.05) is 19.2 Å². The van der Waals surface area contributed by atoms with Crippen LogP contribution >= 0.6 is 0 Å². The maximum Gasteiger partial charge on any atom is 0.354 e. The Morgan fingerprint density at radius 2 is 1.81 bits per heavy atom. The van der Waals surface area contributed by atoms with Gasteiger partial charge in [-0.15, -0.1) is 0 Å². The number of carboxylic acids is 1. The van der Waals surface area contributed by atoms with E-state index < -0.39 is 5.97 Å². The average molecular weight is 223 g/mol. The highest BCUT2D eigenvalue weighted by Crippen LogP contribution is 2.03. The number of hydrogen-bond donors (Lipinski definition) is 1. The normalized spacial score (nSPS) is 9.88. The van der Waals surface area contributed by atoms with E-state index in [0.29, 0.717) is 13.1 Å².